The number of hydrogen-bond donors (Lipinski definition) is 1. The van der Waals surface area contributed by atoms with Crippen molar-refractivity contribution in [1.29, 1.82) is 0 Å². The first kappa shape index (κ1) is 17.9. The zero-order valence-corrected chi connectivity index (χ0v) is 16.3. The summed E-state index contributed by atoms with van der Waals surface area (Å²) in [6.45, 7) is 0. The number of hydrogen-bond acceptors (Lipinski definition) is 4. The van der Waals surface area contributed by atoms with Gasteiger partial charge in [-0.25, -0.2) is 4.98 Å². The highest BCUT2D eigenvalue weighted by molar-refractivity contribution is 7.16. The number of carbonyl (C=O) groups excluding carboxylic acids is 1. The average molecular weight is 381 g/mol. The fourth-order valence-electron chi connectivity index (χ4n) is 3.85. The number of aromatic nitrogens is 3. The number of rotatable bonds is 6. The lowest BCUT2D eigenvalue weighted by Gasteiger charge is -2.24. The molecule has 27 heavy (non-hydrogen) atoms. The standard InChI is InChI=1S/C21H24N4OS/c1-25-14-17(12-23-25)21-22-13-19(27-21)20(26)24-18(16-9-5-6-10-16)11-15-7-3-2-4-8-15/h2-4,7-8,12-14,16,18H,5-6,9-11H2,1H3,(H,24,26). The van der Waals surface area contributed by atoms with E-state index >= 15 is 0 Å². The Labute approximate surface area is 163 Å². The predicted octanol–water partition coefficient (Wildman–Crippen LogP) is 4.07. The van der Waals surface area contributed by atoms with Crippen LogP contribution in [0.15, 0.2) is 48.9 Å². The van der Waals surface area contributed by atoms with Gasteiger partial charge in [0.25, 0.3) is 5.91 Å². The second-order valence-corrected chi connectivity index (χ2v) is 8.28. The fraction of sp³-hybridized carbons (Fsp3) is 0.381. The van der Waals surface area contributed by atoms with E-state index in [0.29, 0.717) is 10.8 Å². The molecule has 1 amide bonds. The van der Waals surface area contributed by atoms with Gasteiger partial charge in [-0.1, -0.05) is 43.2 Å². The molecule has 0 radical (unpaired) electrons. The van der Waals surface area contributed by atoms with Crippen LogP contribution in [-0.2, 0) is 13.5 Å². The maximum absolute atomic E-state index is 12.9. The molecule has 0 aliphatic heterocycles. The zero-order valence-electron chi connectivity index (χ0n) is 15.5. The minimum absolute atomic E-state index is 0.0181. The average Bonchev–Trinajstić information content (AvgIpc) is 3.43. The number of benzene rings is 1. The van der Waals surface area contributed by atoms with Gasteiger partial charge in [0.15, 0.2) is 0 Å². The van der Waals surface area contributed by atoms with Crippen molar-refractivity contribution in [3.05, 3.63) is 59.4 Å². The molecule has 2 heterocycles. The number of carbonyl (C=O) groups is 1. The molecule has 1 aliphatic carbocycles. The van der Waals surface area contributed by atoms with Crippen LogP contribution in [0.25, 0.3) is 10.6 Å². The molecule has 1 atom stereocenters. The molecule has 1 saturated carbocycles. The molecule has 3 aromatic rings. The highest BCUT2D eigenvalue weighted by Gasteiger charge is 2.27. The van der Waals surface area contributed by atoms with E-state index in [1.54, 1.807) is 17.1 Å². The minimum atomic E-state index is -0.0181. The molecule has 2 aromatic heterocycles. The Morgan fingerprint density at radius 3 is 2.74 bits per heavy atom. The molecule has 4 rings (SSSR count). The highest BCUT2D eigenvalue weighted by Crippen LogP contribution is 2.30. The second kappa shape index (κ2) is 8.05. The van der Waals surface area contributed by atoms with Gasteiger partial charge < -0.3 is 5.32 Å². The Hall–Kier alpha value is -2.47. The third-order valence-corrected chi connectivity index (χ3v) is 6.31. The van der Waals surface area contributed by atoms with Gasteiger partial charge in [0.2, 0.25) is 0 Å². The van der Waals surface area contributed by atoms with Crippen molar-refractivity contribution < 1.29 is 4.79 Å². The van der Waals surface area contributed by atoms with Crippen LogP contribution in [0, 0.1) is 5.92 Å². The van der Waals surface area contributed by atoms with E-state index in [0.717, 1.165) is 17.0 Å². The molecule has 0 saturated heterocycles. The third-order valence-electron chi connectivity index (χ3n) is 5.27. The van der Waals surface area contributed by atoms with Crippen LogP contribution >= 0.6 is 11.3 Å². The summed E-state index contributed by atoms with van der Waals surface area (Å²) < 4.78 is 1.74. The third kappa shape index (κ3) is 4.27. The van der Waals surface area contributed by atoms with E-state index < -0.39 is 0 Å². The highest BCUT2D eigenvalue weighted by atomic mass is 32.1. The Balaban J connectivity index is 1.48. The van der Waals surface area contributed by atoms with E-state index in [9.17, 15) is 4.79 Å². The Bertz CT molecular complexity index is 896. The first-order valence-corrected chi connectivity index (χ1v) is 10.3. The quantitative estimate of drug-likeness (QED) is 0.701. The molecule has 0 bridgehead atoms. The van der Waals surface area contributed by atoms with Gasteiger partial charge in [0.1, 0.15) is 9.88 Å². The summed E-state index contributed by atoms with van der Waals surface area (Å²) in [5, 5.41) is 8.31. The first-order valence-electron chi connectivity index (χ1n) is 9.48. The van der Waals surface area contributed by atoms with Crippen molar-refractivity contribution in [3.63, 3.8) is 0 Å². The van der Waals surface area contributed by atoms with Crippen molar-refractivity contribution in [2.45, 2.75) is 38.1 Å². The number of thiazole rings is 1. The lowest BCUT2D eigenvalue weighted by atomic mass is 9.92. The van der Waals surface area contributed by atoms with Crippen LogP contribution in [0.4, 0.5) is 0 Å². The molecule has 1 fully saturated rings. The summed E-state index contributed by atoms with van der Waals surface area (Å²) in [5.74, 6) is 0.537. The number of nitrogens with one attached hydrogen (secondary N) is 1. The minimum Gasteiger partial charge on any atom is -0.348 e. The summed E-state index contributed by atoms with van der Waals surface area (Å²) in [4.78, 5) is 18.0. The van der Waals surface area contributed by atoms with Crippen LogP contribution in [-0.4, -0.2) is 26.7 Å². The van der Waals surface area contributed by atoms with Gasteiger partial charge in [-0.2, -0.15) is 5.10 Å². The van der Waals surface area contributed by atoms with E-state index in [2.05, 4.69) is 39.7 Å². The van der Waals surface area contributed by atoms with Gasteiger partial charge in [0.05, 0.1) is 12.4 Å². The molecule has 1 aliphatic rings. The van der Waals surface area contributed by atoms with Gasteiger partial charge >= 0.3 is 0 Å². The number of aryl methyl sites for hydroxylation is 1. The zero-order chi connectivity index (χ0) is 18.6. The largest absolute Gasteiger partial charge is 0.348 e. The summed E-state index contributed by atoms with van der Waals surface area (Å²) in [6, 6.07) is 10.6. The van der Waals surface area contributed by atoms with Crippen molar-refractivity contribution in [3.8, 4) is 10.6 Å². The lowest BCUT2D eigenvalue weighted by Crippen LogP contribution is -2.40. The van der Waals surface area contributed by atoms with Crippen LogP contribution in [0.1, 0.15) is 40.9 Å². The predicted molar refractivity (Wildman–Crippen MR) is 108 cm³/mol. The van der Waals surface area contributed by atoms with Crippen molar-refractivity contribution in [1.82, 2.24) is 20.1 Å². The van der Waals surface area contributed by atoms with Gasteiger partial charge in [0, 0.05) is 24.8 Å². The fourth-order valence-corrected chi connectivity index (χ4v) is 4.64. The topological polar surface area (TPSA) is 59.8 Å². The lowest BCUT2D eigenvalue weighted by molar-refractivity contribution is 0.0926. The molecule has 140 valence electrons. The smallest absolute Gasteiger partial charge is 0.263 e. The van der Waals surface area contributed by atoms with E-state index in [4.69, 9.17) is 0 Å². The van der Waals surface area contributed by atoms with Gasteiger partial charge in [-0.15, -0.1) is 11.3 Å². The maximum Gasteiger partial charge on any atom is 0.263 e. The summed E-state index contributed by atoms with van der Waals surface area (Å²) in [6.07, 6.45) is 11.2. The number of nitrogens with zero attached hydrogens (tertiary/aromatic N) is 3. The molecule has 5 nitrogen and oxygen atoms in total. The van der Waals surface area contributed by atoms with E-state index in [1.165, 1.54) is 42.6 Å². The summed E-state index contributed by atoms with van der Waals surface area (Å²) in [5.41, 5.74) is 2.22. The Morgan fingerprint density at radius 1 is 1.26 bits per heavy atom. The van der Waals surface area contributed by atoms with E-state index in [-0.39, 0.29) is 11.9 Å². The summed E-state index contributed by atoms with van der Waals surface area (Å²) in [7, 11) is 1.88. The normalized spacial score (nSPS) is 15.7. The van der Waals surface area contributed by atoms with Crippen LogP contribution in [0.3, 0.4) is 0 Å². The molecule has 6 heteroatoms. The van der Waals surface area contributed by atoms with Crippen LogP contribution < -0.4 is 5.32 Å². The van der Waals surface area contributed by atoms with Gasteiger partial charge in [-0.05, 0) is 30.7 Å². The SMILES string of the molecule is Cn1cc(-c2ncc(C(=O)NC(Cc3ccccc3)C3CCCC3)s2)cn1. The van der Waals surface area contributed by atoms with Crippen molar-refractivity contribution in [2.75, 3.05) is 0 Å². The monoisotopic (exact) mass is 380 g/mol. The molecule has 0 spiro atoms. The first-order chi connectivity index (χ1) is 13.2. The maximum atomic E-state index is 12.9. The molecular formula is C21H24N4OS. The van der Waals surface area contributed by atoms with Crippen LogP contribution in [0.2, 0.25) is 0 Å². The molecule has 1 aromatic carbocycles. The second-order valence-electron chi connectivity index (χ2n) is 7.25. The van der Waals surface area contributed by atoms with Crippen molar-refractivity contribution >= 4 is 17.2 Å². The molecular weight excluding hydrogens is 356 g/mol. The van der Waals surface area contributed by atoms with Crippen LogP contribution in [0.5, 0.6) is 0 Å². The molecule has 1 unspecified atom stereocenters. The number of amides is 1. The Kier molecular flexibility index (Phi) is 5.34. The molecule has 1 N–H and O–H groups in total. The summed E-state index contributed by atoms with van der Waals surface area (Å²) >= 11 is 1.42. The Morgan fingerprint density at radius 2 is 2.04 bits per heavy atom. The van der Waals surface area contributed by atoms with Gasteiger partial charge in [-0.3, -0.25) is 9.48 Å². The van der Waals surface area contributed by atoms with Crippen molar-refractivity contribution in [2.24, 2.45) is 13.0 Å². The van der Waals surface area contributed by atoms with E-state index in [1.807, 2.05) is 19.3 Å².